The van der Waals surface area contributed by atoms with Crippen molar-refractivity contribution < 1.29 is 27.4 Å². The highest BCUT2D eigenvalue weighted by molar-refractivity contribution is 5.89. The fourth-order valence-corrected chi connectivity index (χ4v) is 1.01. The molecule has 1 heterocycles. The number of carbonyl (C=O) groups is 1. The molecule has 0 spiro atoms. The lowest BCUT2D eigenvalue weighted by Gasteiger charge is -2.07. The standard InChI is InChI=1S/C10H9F3O2.C2H4O/c1-2-15-9(14)7-3-5-8(6-4-7)10(11,12)13;1-2-3-1/h3-6H,2H2,1H3;1-2H2. The van der Waals surface area contributed by atoms with E-state index in [2.05, 4.69) is 9.47 Å². The normalized spacial score (nSPS) is 13.3. The van der Waals surface area contributed by atoms with Crippen LogP contribution in [0.15, 0.2) is 24.3 Å². The molecular formula is C12H13F3O3. The van der Waals surface area contributed by atoms with Gasteiger partial charge in [0.15, 0.2) is 0 Å². The molecule has 1 aromatic rings. The van der Waals surface area contributed by atoms with E-state index in [4.69, 9.17) is 0 Å². The molecule has 6 heteroatoms. The number of alkyl halides is 3. The van der Waals surface area contributed by atoms with E-state index in [0.717, 1.165) is 37.5 Å². The predicted octanol–water partition coefficient (Wildman–Crippen LogP) is 2.90. The van der Waals surface area contributed by atoms with Crippen LogP contribution in [0.2, 0.25) is 0 Å². The predicted molar refractivity (Wildman–Crippen MR) is 58.2 cm³/mol. The average molecular weight is 262 g/mol. The third-order valence-corrected chi connectivity index (χ3v) is 1.93. The van der Waals surface area contributed by atoms with Crippen LogP contribution >= 0.6 is 0 Å². The molecular weight excluding hydrogens is 249 g/mol. The molecule has 1 aliphatic heterocycles. The van der Waals surface area contributed by atoms with E-state index in [0.29, 0.717) is 0 Å². The molecule has 1 aromatic carbocycles. The van der Waals surface area contributed by atoms with Crippen molar-refractivity contribution in [3.05, 3.63) is 35.4 Å². The van der Waals surface area contributed by atoms with Gasteiger partial charge in [0.05, 0.1) is 30.9 Å². The zero-order valence-corrected chi connectivity index (χ0v) is 9.79. The first-order chi connectivity index (χ1) is 8.45. The van der Waals surface area contributed by atoms with Crippen molar-refractivity contribution in [2.75, 3.05) is 19.8 Å². The van der Waals surface area contributed by atoms with E-state index in [1.807, 2.05) is 0 Å². The summed E-state index contributed by atoms with van der Waals surface area (Å²) >= 11 is 0. The largest absolute Gasteiger partial charge is 0.462 e. The summed E-state index contributed by atoms with van der Waals surface area (Å²) in [5.74, 6) is -0.619. The number of benzene rings is 1. The Bertz CT molecular complexity index is 380. The van der Waals surface area contributed by atoms with Crippen molar-refractivity contribution >= 4 is 5.97 Å². The van der Waals surface area contributed by atoms with Gasteiger partial charge in [-0.25, -0.2) is 4.79 Å². The Kier molecular flexibility index (Phi) is 5.15. The molecule has 1 aliphatic rings. The van der Waals surface area contributed by atoms with Crippen molar-refractivity contribution in [1.29, 1.82) is 0 Å². The number of hydrogen-bond donors (Lipinski definition) is 0. The summed E-state index contributed by atoms with van der Waals surface area (Å²) in [4.78, 5) is 11.1. The summed E-state index contributed by atoms with van der Waals surface area (Å²) in [5, 5.41) is 0. The van der Waals surface area contributed by atoms with Crippen molar-refractivity contribution in [2.45, 2.75) is 13.1 Å². The maximum absolute atomic E-state index is 12.2. The van der Waals surface area contributed by atoms with E-state index >= 15 is 0 Å². The minimum absolute atomic E-state index is 0.116. The highest BCUT2D eigenvalue weighted by Gasteiger charge is 2.30. The Morgan fingerprint density at radius 3 is 2.11 bits per heavy atom. The van der Waals surface area contributed by atoms with Crippen molar-refractivity contribution in [1.82, 2.24) is 0 Å². The van der Waals surface area contributed by atoms with Crippen LogP contribution in [0.1, 0.15) is 22.8 Å². The van der Waals surface area contributed by atoms with Crippen LogP contribution in [-0.2, 0) is 15.7 Å². The first-order valence-electron chi connectivity index (χ1n) is 5.37. The number of rotatable bonds is 2. The SMILES string of the molecule is C1CO1.CCOC(=O)c1ccc(C(F)(F)F)cc1. The Morgan fingerprint density at radius 2 is 1.78 bits per heavy atom. The van der Waals surface area contributed by atoms with E-state index in [1.54, 1.807) is 6.92 Å². The Balaban J connectivity index is 0.000000468. The zero-order chi connectivity index (χ0) is 13.6. The molecule has 0 amide bonds. The fraction of sp³-hybridized carbons (Fsp3) is 0.417. The Labute approximate surface area is 103 Å². The van der Waals surface area contributed by atoms with E-state index in [1.165, 1.54) is 0 Å². The van der Waals surface area contributed by atoms with Gasteiger partial charge >= 0.3 is 12.1 Å². The van der Waals surface area contributed by atoms with Gasteiger partial charge in [0.25, 0.3) is 0 Å². The van der Waals surface area contributed by atoms with Crippen LogP contribution in [0.5, 0.6) is 0 Å². The molecule has 1 saturated heterocycles. The van der Waals surface area contributed by atoms with Crippen LogP contribution in [0.25, 0.3) is 0 Å². The first kappa shape index (κ1) is 14.5. The van der Waals surface area contributed by atoms with Gasteiger partial charge in [-0.3, -0.25) is 0 Å². The molecule has 0 N–H and O–H groups in total. The number of ether oxygens (including phenoxy) is 2. The van der Waals surface area contributed by atoms with Crippen LogP contribution in [0, 0.1) is 0 Å². The monoisotopic (exact) mass is 262 g/mol. The quantitative estimate of drug-likeness (QED) is 0.607. The van der Waals surface area contributed by atoms with Gasteiger partial charge in [0, 0.05) is 0 Å². The molecule has 18 heavy (non-hydrogen) atoms. The van der Waals surface area contributed by atoms with Gasteiger partial charge in [-0.1, -0.05) is 0 Å². The Hall–Kier alpha value is -1.56. The van der Waals surface area contributed by atoms with Gasteiger partial charge in [0.2, 0.25) is 0 Å². The number of epoxide rings is 1. The van der Waals surface area contributed by atoms with Crippen molar-refractivity contribution in [3.63, 3.8) is 0 Å². The van der Waals surface area contributed by atoms with Gasteiger partial charge in [-0.15, -0.1) is 0 Å². The number of halogens is 3. The molecule has 100 valence electrons. The molecule has 0 unspecified atom stereocenters. The minimum Gasteiger partial charge on any atom is -0.462 e. The van der Waals surface area contributed by atoms with Gasteiger partial charge < -0.3 is 9.47 Å². The molecule has 3 nitrogen and oxygen atoms in total. The molecule has 0 aromatic heterocycles. The van der Waals surface area contributed by atoms with E-state index in [-0.39, 0.29) is 12.2 Å². The van der Waals surface area contributed by atoms with Crippen LogP contribution in [0.3, 0.4) is 0 Å². The average Bonchev–Trinajstić information content (AvgIpc) is 3.16. The lowest BCUT2D eigenvalue weighted by atomic mass is 10.1. The third kappa shape index (κ3) is 5.18. The summed E-state index contributed by atoms with van der Waals surface area (Å²) < 4.78 is 45.6. The minimum atomic E-state index is -4.38. The Morgan fingerprint density at radius 1 is 1.28 bits per heavy atom. The van der Waals surface area contributed by atoms with E-state index < -0.39 is 17.7 Å². The molecule has 0 radical (unpaired) electrons. The van der Waals surface area contributed by atoms with Crippen LogP contribution in [-0.4, -0.2) is 25.8 Å². The third-order valence-electron chi connectivity index (χ3n) is 1.93. The number of esters is 1. The zero-order valence-electron chi connectivity index (χ0n) is 9.79. The molecule has 0 bridgehead atoms. The topological polar surface area (TPSA) is 38.8 Å². The van der Waals surface area contributed by atoms with Crippen molar-refractivity contribution in [2.24, 2.45) is 0 Å². The maximum Gasteiger partial charge on any atom is 0.416 e. The lowest BCUT2D eigenvalue weighted by Crippen LogP contribution is -2.07. The summed E-state index contributed by atoms with van der Waals surface area (Å²) in [7, 11) is 0. The molecule has 2 rings (SSSR count). The highest BCUT2D eigenvalue weighted by atomic mass is 19.4. The van der Waals surface area contributed by atoms with Gasteiger partial charge in [-0.2, -0.15) is 13.2 Å². The molecule has 0 saturated carbocycles. The number of hydrogen-bond acceptors (Lipinski definition) is 3. The number of carbonyl (C=O) groups excluding carboxylic acids is 1. The summed E-state index contributed by atoms with van der Waals surface area (Å²) in [6.45, 7) is 3.82. The lowest BCUT2D eigenvalue weighted by molar-refractivity contribution is -0.137. The van der Waals surface area contributed by atoms with Gasteiger partial charge in [0.1, 0.15) is 0 Å². The first-order valence-corrected chi connectivity index (χ1v) is 5.37. The summed E-state index contributed by atoms with van der Waals surface area (Å²) in [5.41, 5.74) is -0.666. The van der Waals surface area contributed by atoms with Gasteiger partial charge in [-0.05, 0) is 31.2 Å². The van der Waals surface area contributed by atoms with E-state index in [9.17, 15) is 18.0 Å². The molecule has 1 fully saturated rings. The highest BCUT2D eigenvalue weighted by Crippen LogP contribution is 2.29. The fourth-order valence-electron chi connectivity index (χ4n) is 1.01. The second kappa shape index (κ2) is 6.39. The molecule has 0 aliphatic carbocycles. The molecule has 0 atom stereocenters. The smallest absolute Gasteiger partial charge is 0.416 e. The van der Waals surface area contributed by atoms with Crippen LogP contribution in [0.4, 0.5) is 13.2 Å². The van der Waals surface area contributed by atoms with Crippen molar-refractivity contribution in [3.8, 4) is 0 Å². The second-order valence-electron chi connectivity index (χ2n) is 3.41. The summed E-state index contributed by atoms with van der Waals surface area (Å²) in [6, 6.07) is 3.90. The maximum atomic E-state index is 12.2. The summed E-state index contributed by atoms with van der Waals surface area (Å²) in [6.07, 6.45) is -4.38. The van der Waals surface area contributed by atoms with Crippen LogP contribution < -0.4 is 0 Å². The second-order valence-corrected chi connectivity index (χ2v) is 3.41.